The summed E-state index contributed by atoms with van der Waals surface area (Å²) in [5.74, 6) is 2.05. The number of para-hydroxylation sites is 1. The summed E-state index contributed by atoms with van der Waals surface area (Å²) in [6.07, 6.45) is 0. The van der Waals surface area contributed by atoms with Crippen LogP contribution < -0.4 is 20.3 Å². The third-order valence-corrected chi connectivity index (χ3v) is 7.28. The van der Waals surface area contributed by atoms with Crippen LogP contribution in [0.1, 0.15) is 5.56 Å². The third-order valence-electron chi connectivity index (χ3n) is 4.06. The lowest BCUT2D eigenvalue weighted by atomic mass is 10.2. The number of aryl methyl sites for hydroxylation is 1. The van der Waals surface area contributed by atoms with E-state index in [0.717, 1.165) is 11.5 Å². The summed E-state index contributed by atoms with van der Waals surface area (Å²) in [6, 6.07) is 25.9. The van der Waals surface area contributed by atoms with Gasteiger partial charge in [-0.05, 0) is 29.4 Å². The van der Waals surface area contributed by atoms with Crippen LogP contribution in [-0.2, 0) is 0 Å². The highest BCUT2D eigenvalue weighted by atomic mass is 28.3. The van der Waals surface area contributed by atoms with Crippen molar-refractivity contribution in [1.29, 1.82) is 0 Å². The molecule has 0 saturated heterocycles. The molecule has 0 saturated carbocycles. The van der Waals surface area contributed by atoms with Crippen LogP contribution in [0, 0.1) is 6.92 Å². The number of benzene rings is 3. The number of hydrogen-bond acceptors (Lipinski definition) is 1. The van der Waals surface area contributed by atoms with E-state index in [0.29, 0.717) is 0 Å². The lowest BCUT2D eigenvalue weighted by Crippen LogP contribution is -2.54. The van der Waals surface area contributed by atoms with Crippen molar-refractivity contribution in [3.8, 4) is 11.5 Å². The second kappa shape index (κ2) is 4.90. The highest BCUT2D eigenvalue weighted by Gasteiger charge is 2.29. The van der Waals surface area contributed by atoms with Crippen molar-refractivity contribution in [2.75, 3.05) is 0 Å². The highest BCUT2D eigenvalue weighted by molar-refractivity contribution is 6.96. The molecule has 0 aliphatic carbocycles. The Morgan fingerprint density at radius 1 is 0.714 bits per heavy atom. The third kappa shape index (κ3) is 2.08. The van der Waals surface area contributed by atoms with Gasteiger partial charge in [0.2, 0.25) is 0 Å². The summed E-state index contributed by atoms with van der Waals surface area (Å²) in [7, 11) is -1.43. The number of rotatable bonds is 1. The van der Waals surface area contributed by atoms with E-state index in [1.807, 2.05) is 0 Å². The van der Waals surface area contributed by atoms with E-state index in [4.69, 9.17) is 4.74 Å². The van der Waals surface area contributed by atoms with Crippen LogP contribution >= 0.6 is 0 Å². The van der Waals surface area contributed by atoms with E-state index >= 15 is 0 Å². The first-order valence-corrected chi connectivity index (χ1v) is 8.98. The predicted octanol–water partition coefficient (Wildman–Crippen LogP) is 2.35. The Labute approximate surface area is 126 Å². The molecule has 1 aliphatic heterocycles. The van der Waals surface area contributed by atoms with Gasteiger partial charge >= 0.3 is 0 Å². The number of hydrogen-bond donors (Lipinski definition) is 0. The Morgan fingerprint density at radius 3 is 2.29 bits per heavy atom. The Bertz CT molecular complexity index is 796. The highest BCUT2D eigenvalue weighted by Crippen LogP contribution is 2.24. The zero-order valence-electron chi connectivity index (χ0n) is 11.9. The first kappa shape index (κ1) is 12.4. The van der Waals surface area contributed by atoms with E-state index in [1.165, 1.54) is 21.1 Å². The maximum absolute atomic E-state index is 6.12. The maximum Gasteiger partial charge on any atom is 0.142 e. The van der Waals surface area contributed by atoms with Crippen LogP contribution in [0.3, 0.4) is 0 Å². The average molecular weight is 288 g/mol. The quantitative estimate of drug-likeness (QED) is 0.489. The van der Waals surface area contributed by atoms with Gasteiger partial charge in [-0.3, -0.25) is 0 Å². The molecule has 2 heteroatoms. The van der Waals surface area contributed by atoms with Gasteiger partial charge in [0.15, 0.2) is 0 Å². The number of ether oxygens (including phenoxy) is 1. The van der Waals surface area contributed by atoms with Crippen molar-refractivity contribution in [3.05, 3.63) is 78.4 Å². The van der Waals surface area contributed by atoms with E-state index in [1.54, 1.807) is 0 Å². The molecule has 0 amide bonds. The van der Waals surface area contributed by atoms with Crippen LogP contribution in [0.25, 0.3) is 0 Å². The van der Waals surface area contributed by atoms with Gasteiger partial charge in [-0.25, -0.2) is 0 Å². The van der Waals surface area contributed by atoms with Crippen molar-refractivity contribution in [3.63, 3.8) is 0 Å². The first-order valence-electron chi connectivity index (χ1n) is 7.25. The van der Waals surface area contributed by atoms with Crippen molar-refractivity contribution in [2.45, 2.75) is 6.92 Å². The van der Waals surface area contributed by atoms with Gasteiger partial charge in [0, 0.05) is 0 Å². The minimum Gasteiger partial charge on any atom is -0.458 e. The standard InChI is InChI=1S/C19H16OSi/c1-14-11-12-17-19(13-14)21(15-7-3-2-4-8-15)18-10-6-5-9-16(18)20-17/h2-13,21H,1H3. The minimum atomic E-state index is -1.43. The summed E-state index contributed by atoms with van der Waals surface area (Å²) in [5.41, 5.74) is 1.30. The molecule has 21 heavy (non-hydrogen) atoms. The Kier molecular flexibility index (Phi) is 2.90. The molecule has 3 aromatic rings. The molecular formula is C19H16OSi. The van der Waals surface area contributed by atoms with Crippen LogP contribution in [0.15, 0.2) is 72.8 Å². The van der Waals surface area contributed by atoms with Crippen molar-refractivity contribution in [1.82, 2.24) is 0 Å². The monoisotopic (exact) mass is 288 g/mol. The largest absolute Gasteiger partial charge is 0.458 e. The van der Waals surface area contributed by atoms with E-state index in [9.17, 15) is 0 Å². The molecule has 102 valence electrons. The first-order chi connectivity index (χ1) is 10.3. The Hall–Kier alpha value is -2.32. The fourth-order valence-corrected chi connectivity index (χ4v) is 6.36. The summed E-state index contributed by atoms with van der Waals surface area (Å²) in [4.78, 5) is 0. The molecule has 4 rings (SSSR count). The van der Waals surface area contributed by atoms with Gasteiger partial charge in [0.1, 0.15) is 20.3 Å². The zero-order chi connectivity index (χ0) is 14.2. The summed E-state index contributed by atoms with van der Waals surface area (Å²) in [5, 5.41) is 4.21. The number of fused-ring (bicyclic) bond motifs is 2. The molecule has 1 atom stereocenters. The van der Waals surface area contributed by atoms with Gasteiger partial charge in [-0.2, -0.15) is 0 Å². The minimum absolute atomic E-state index is 1.02. The molecule has 0 aromatic heterocycles. The molecule has 3 aromatic carbocycles. The van der Waals surface area contributed by atoms with Gasteiger partial charge in [0.25, 0.3) is 0 Å². The average Bonchev–Trinajstić information content (AvgIpc) is 2.53. The fourth-order valence-electron chi connectivity index (χ4n) is 3.09. The zero-order valence-corrected chi connectivity index (χ0v) is 13.1. The molecule has 0 radical (unpaired) electrons. The molecular weight excluding hydrogens is 272 g/mol. The van der Waals surface area contributed by atoms with E-state index in [-0.39, 0.29) is 0 Å². The topological polar surface area (TPSA) is 9.23 Å². The van der Waals surface area contributed by atoms with Crippen LogP contribution in [0.4, 0.5) is 0 Å². The predicted molar refractivity (Wildman–Crippen MR) is 90.2 cm³/mol. The summed E-state index contributed by atoms with van der Waals surface area (Å²) >= 11 is 0. The lowest BCUT2D eigenvalue weighted by Gasteiger charge is -2.28. The van der Waals surface area contributed by atoms with Gasteiger partial charge in [-0.15, -0.1) is 0 Å². The molecule has 1 nitrogen and oxygen atoms in total. The van der Waals surface area contributed by atoms with Crippen LogP contribution in [-0.4, -0.2) is 8.80 Å². The summed E-state index contributed by atoms with van der Waals surface area (Å²) in [6.45, 7) is 2.15. The van der Waals surface area contributed by atoms with Gasteiger partial charge in [-0.1, -0.05) is 71.4 Å². The molecule has 0 bridgehead atoms. The van der Waals surface area contributed by atoms with Crippen molar-refractivity contribution >= 4 is 24.4 Å². The lowest BCUT2D eigenvalue weighted by molar-refractivity contribution is 0.487. The molecule has 0 spiro atoms. The second-order valence-corrected chi connectivity index (χ2v) is 8.30. The van der Waals surface area contributed by atoms with E-state index < -0.39 is 8.80 Å². The smallest absolute Gasteiger partial charge is 0.142 e. The molecule has 0 fully saturated rings. The normalized spacial score (nSPS) is 15.8. The maximum atomic E-state index is 6.12. The van der Waals surface area contributed by atoms with Crippen LogP contribution in [0.5, 0.6) is 11.5 Å². The molecule has 1 aliphatic rings. The van der Waals surface area contributed by atoms with Crippen LogP contribution in [0.2, 0.25) is 0 Å². The van der Waals surface area contributed by atoms with Crippen molar-refractivity contribution in [2.24, 2.45) is 0 Å². The SMILES string of the molecule is Cc1ccc2c(c1)[SiH](c1ccccc1)c1ccccc1O2. The molecule has 0 N–H and O–H groups in total. The Balaban J connectivity index is 1.98. The van der Waals surface area contributed by atoms with E-state index in [2.05, 4.69) is 79.7 Å². The molecule has 1 heterocycles. The Morgan fingerprint density at radius 2 is 1.43 bits per heavy atom. The summed E-state index contributed by atoms with van der Waals surface area (Å²) < 4.78 is 6.12. The van der Waals surface area contributed by atoms with Crippen molar-refractivity contribution < 1.29 is 4.74 Å². The second-order valence-electron chi connectivity index (χ2n) is 5.52. The molecule has 1 unspecified atom stereocenters. The fraction of sp³-hybridized carbons (Fsp3) is 0.0526. The van der Waals surface area contributed by atoms with Gasteiger partial charge in [0.05, 0.1) is 0 Å². The van der Waals surface area contributed by atoms with Gasteiger partial charge < -0.3 is 4.74 Å².